The molecule has 1 heterocycles. The minimum absolute atomic E-state index is 0.183. The van der Waals surface area contributed by atoms with E-state index in [4.69, 9.17) is 0 Å². The van der Waals surface area contributed by atoms with E-state index in [1.165, 1.54) is 33.5 Å². The van der Waals surface area contributed by atoms with Gasteiger partial charge in [0.2, 0.25) is 5.69 Å². The van der Waals surface area contributed by atoms with E-state index in [1.807, 2.05) is 0 Å². The fourth-order valence-electron chi connectivity index (χ4n) is 3.11. The van der Waals surface area contributed by atoms with Crippen LogP contribution >= 0.6 is 0 Å². The maximum Gasteiger partial charge on any atom is 0.212 e. The Morgan fingerprint density at radius 1 is 0.792 bits per heavy atom. The smallest absolute Gasteiger partial charge is 0.200 e. The Balaban J connectivity index is 2.02. The van der Waals surface area contributed by atoms with Crippen molar-refractivity contribution in [2.75, 3.05) is 0 Å². The van der Waals surface area contributed by atoms with Crippen LogP contribution in [0.25, 0.3) is 22.4 Å². The molecule has 0 fully saturated rings. The second kappa shape index (κ2) is 6.24. The van der Waals surface area contributed by atoms with Crippen LogP contribution < -0.4 is 4.57 Å². The molecule has 24 heavy (non-hydrogen) atoms. The van der Waals surface area contributed by atoms with Gasteiger partial charge >= 0.3 is 0 Å². The van der Waals surface area contributed by atoms with E-state index in [-0.39, 0.29) is 5.41 Å². The Labute approximate surface area is 145 Å². The van der Waals surface area contributed by atoms with E-state index in [1.54, 1.807) is 0 Å². The molecule has 0 atom stereocenters. The summed E-state index contributed by atoms with van der Waals surface area (Å²) in [4.78, 5) is 0. The van der Waals surface area contributed by atoms with Crippen LogP contribution in [0.2, 0.25) is 0 Å². The van der Waals surface area contributed by atoms with Crippen LogP contribution in [0.3, 0.4) is 0 Å². The van der Waals surface area contributed by atoms with Crippen molar-refractivity contribution in [1.82, 2.24) is 0 Å². The Morgan fingerprint density at radius 3 is 2.08 bits per heavy atom. The number of hydrogen-bond donors (Lipinski definition) is 0. The highest BCUT2D eigenvalue weighted by molar-refractivity contribution is 5.66. The van der Waals surface area contributed by atoms with Gasteiger partial charge in [-0.15, -0.1) is 0 Å². The van der Waals surface area contributed by atoms with Crippen LogP contribution in [0.4, 0.5) is 0 Å². The molecule has 0 amide bonds. The molecule has 0 unspecified atom stereocenters. The first-order chi connectivity index (χ1) is 11.4. The maximum atomic E-state index is 2.32. The van der Waals surface area contributed by atoms with Gasteiger partial charge in [-0.25, -0.2) is 4.57 Å². The summed E-state index contributed by atoms with van der Waals surface area (Å²) in [6.45, 7) is 8.98. The van der Waals surface area contributed by atoms with Gasteiger partial charge in [-0.2, -0.15) is 0 Å². The van der Waals surface area contributed by atoms with Crippen LogP contribution in [0.1, 0.15) is 31.9 Å². The van der Waals surface area contributed by atoms with E-state index in [0.29, 0.717) is 0 Å². The van der Waals surface area contributed by atoms with Crippen molar-refractivity contribution < 1.29 is 4.57 Å². The van der Waals surface area contributed by atoms with Crippen molar-refractivity contribution in [3.05, 3.63) is 78.0 Å². The number of aromatic nitrogens is 1. The Hall–Kier alpha value is -2.41. The third kappa shape index (κ3) is 3.26. The van der Waals surface area contributed by atoms with Crippen LogP contribution in [-0.4, -0.2) is 0 Å². The van der Waals surface area contributed by atoms with E-state index in [2.05, 4.69) is 106 Å². The summed E-state index contributed by atoms with van der Waals surface area (Å²) in [5, 5.41) is 0. The maximum absolute atomic E-state index is 2.32. The van der Waals surface area contributed by atoms with Gasteiger partial charge in [-0.05, 0) is 41.2 Å². The molecule has 1 nitrogen and oxygen atoms in total. The minimum atomic E-state index is 0.183. The molecular formula is C23H26N+. The first-order valence-electron chi connectivity index (χ1n) is 8.53. The predicted octanol–water partition coefficient (Wildman–Crippen LogP) is 5.45. The van der Waals surface area contributed by atoms with E-state index < -0.39 is 0 Å². The number of hydrogen-bond acceptors (Lipinski definition) is 0. The van der Waals surface area contributed by atoms with Crippen LogP contribution in [0.5, 0.6) is 0 Å². The van der Waals surface area contributed by atoms with E-state index in [9.17, 15) is 0 Å². The monoisotopic (exact) mass is 316 g/mol. The average Bonchev–Trinajstić information content (AvgIpc) is 2.55. The molecule has 0 N–H and O–H groups in total. The lowest BCUT2D eigenvalue weighted by molar-refractivity contribution is -0.659. The zero-order valence-electron chi connectivity index (χ0n) is 15.3. The molecule has 1 aromatic heterocycles. The van der Waals surface area contributed by atoms with Gasteiger partial charge in [0, 0.05) is 17.2 Å². The molecular weight excluding hydrogens is 290 g/mol. The Morgan fingerprint density at radius 2 is 1.50 bits per heavy atom. The minimum Gasteiger partial charge on any atom is -0.200 e. The normalized spacial score (nSPS) is 11.5. The molecule has 0 aliphatic rings. The van der Waals surface area contributed by atoms with Gasteiger partial charge in [0.05, 0.1) is 0 Å². The van der Waals surface area contributed by atoms with Gasteiger partial charge in [0.1, 0.15) is 7.05 Å². The SMILES string of the molecule is Cc1cc(C(C)(C)C)ccc1-c1ccc(-c2ccccc2)c[n+]1C. The van der Waals surface area contributed by atoms with Crippen molar-refractivity contribution in [1.29, 1.82) is 0 Å². The molecule has 0 spiro atoms. The highest BCUT2D eigenvalue weighted by Crippen LogP contribution is 2.28. The summed E-state index contributed by atoms with van der Waals surface area (Å²) < 4.78 is 2.22. The fraction of sp³-hybridized carbons (Fsp3) is 0.261. The van der Waals surface area contributed by atoms with Gasteiger partial charge < -0.3 is 0 Å². The summed E-state index contributed by atoms with van der Waals surface area (Å²) >= 11 is 0. The second-order valence-electron chi connectivity index (χ2n) is 7.56. The topological polar surface area (TPSA) is 3.88 Å². The van der Waals surface area contributed by atoms with Crippen molar-refractivity contribution in [2.24, 2.45) is 7.05 Å². The summed E-state index contributed by atoms with van der Waals surface area (Å²) in [6.07, 6.45) is 2.21. The molecule has 1 heteroatoms. The van der Waals surface area contributed by atoms with Crippen LogP contribution in [0.15, 0.2) is 66.9 Å². The lowest BCUT2D eigenvalue weighted by atomic mass is 9.85. The van der Waals surface area contributed by atoms with Crippen molar-refractivity contribution in [3.63, 3.8) is 0 Å². The number of rotatable bonds is 2. The highest BCUT2D eigenvalue weighted by Gasteiger charge is 2.18. The molecule has 0 radical (unpaired) electrons. The number of pyridine rings is 1. The molecule has 0 aliphatic carbocycles. The second-order valence-corrected chi connectivity index (χ2v) is 7.56. The number of aryl methyl sites for hydroxylation is 2. The summed E-state index contributed by atoms with van der Waals surface area (Å²) in [6, 6.07) is 21.8. The van der Waals surface area contributed by atoms with Gasteiger partial charge in [0.15, 0.2) is 6.20 Å². The largest absolute Gasteiger partial charge is 0.212 e. The molecule has 3 aromatic rings. The zero-order chi connectivity index (χ0) is 17.3. The zero-order valence-corrected chi connectivity index (χ0v) is 15.3. The summed E-state index contributed by atoms with van der Waals surface area (Å²) in [7, 11) is 2.12. The molecule has 0 bridgehead atoms. The number of nitrogens with zero attached hydrogens (tertiary/aromatic N) is 1. The predicted molar refractivity (Wildman–Crippen MR) is 102 cm³/mol. The van der Waals surface area contributed by atoms with E-state index in [0.717, 1.165) is 0 Å². The highest BCUT2D eigenvalue weighted by atomic mass is 14.9. The molecule has 0 saturated carbocycles. The third-order valence-electron chi connectivity index (χ3n) is 4.61. The van der Waals surface area contributed by atoms with Gasteiger partial charge in [0.25, 0.3) is 0 Å². The third-order valence-corrected chi connectivity index (χ3v) is 4.61. The lowest BCUT2D eigenvalue weighted by Gasteiger charge is -2.20. The summed E-state index contributed by atoms with van der Waals surface area (Å²) in [5.74, 6) is 0. The molecule has 0 saturated heterocycles. The van der Waals surface area contributed by atoms with Crippen molar-refractivity contribution in [3.8, 4) is 22.4 Å². The van der Waals surface area contributed by atoms with Gasteiger partial charge in [-0.1, -0.05) is 63.2 Å². The average molecular weight is 316 g/mol. The van der Waals surface area contributed by atoms with Crippen molar-refractivity contribution in [2.45, 2.75) is 33.1 Å². The lowest BCUT2D eigenvalue weighted by Crippen LogP contribution is -2.31. The quantitative estimate of drug-likeness (QED) is 0.553. The Kier molecular flexibility index (Phi) is 4.28. The van der Waals surface area contributed by atoms with Crippen molar-refractivity contribution >= 4 is 0 Å². The molecule has 3 rings (SSSR count). The fourth-order valence-corrected chi connectivity index (χ4v) is 3.11. The standard InChI is InChI=1S/C23H26N/c1-17-15-20(23(2,3)4)12-13-21(17)22-14-11-19(16-24(22)5)18-9-7-6-8-10-18/h6-16H,1-5H3/q+1. The number of benzene rings is 2. The molecule has 122 valence electrons. The van der Waals surface area contributed by atoms with Crippen LogP contribution in [-0.2, 0) is 12.5 Å². The first kappa shape index (κ1) is 16.4. The van der Waals surface area contributed by atoms with E-state index >= 15 is 0 Å². The molecule has 2 aromatic carbocycles. The van der Waals surface area contributed by atoms with Gasteiger partial charge in [-0.3, -0.25) is 0 Å². The Bertz CT molecular complexity index is 855. The van der Waals surface area contributed by atoms with Crippen LogP contribution in [0, 0.1) is 6.92 Å². The molecule has 0 aliphatic heterocycles. The summed E-state index contributed by atoms with van der Waals surface area (Å²) in [5.41, 5.74) is 7.92. The first-order valence-corrected chi connectivity index (χ1v) is 8.53.